The molecule has 4 heterocycles. The third kappa shape index (κ3) is 4.85. The molecule has 11 heteroatoms. The molecule has 200 valence electrons. The lowest BCUT2D eigenvalue weighted by molar-refractivity contribution is 0.0940. The number of fused-ring (bicyclic) bond motifs is 1. The molecule has 1 aliphatic heterocycles. The van der Waals surface area contributed by atoms with E-state index in [1.54, 1.807) is 30.7 Å². The van der Waals surface area contributed by atoms with Crippen molar-refractivity contribution in [3.05, 3.63) is 95.9 Å². The van der Waals surface area contributed by atoms with E-state index >= 15 is 0 Å². The van der Waals surface area contributed by atoms with Crippen LogP contribution in [0.15, 0.2) is 83.8 Å². The first kappa shape index (κ1) is 25.1. The fourth-order valence-electron chi connectivity index (χ4n) is 4.62. The van der Waals surface area contributed by atoms with Crippen LogP contribution in [0.5, 0.6) is 0 Å². The fraction of sp³-hybridized carbons (Fsp3) is 0.172. The molecule has 5 aromatic rings. The lowest BCUT2D eigenvalue weighted by atomic mass is 9.94. The molecule has 0 fully saturated rings. The number of amides is 1. The maximum absolute atomic E-state index is 12.3. The molecule has 3 aromatic heterocycles. The Morgan fingerprint density at radius 1 is 1.02 bits per heavy atom. The minimum absolute atomic E-state index is 0.0974. The number of benzene rings is 2. The maximum Gasteiger partial charge on any atom is 0.263 e. The third-order valence-electron chi connectivity index (χ3n) is 6.68. The lowest BCUT2D eigenvalue weighted by Gasteiger charge is -2.20. The number of aliphatic hydroxyl groups is 1. The highest BCUT2D eigenvalue weighted by molar-refractivity contribution is 6.00. The van der Waals surface area contributed by atoms with Gasteiger partial charge in [0.1, 0.15) is 11.4 Å². The zero-order valence-corrected chi connectivity index (χ0v) is 21.8. The van der Waals surface area contributed by atoms with Crippen molar-refractivity contribution in [3.63, 3.8) is 0 Å². The van der Waals surface area contributed by atoms with Crippen LogP contribution in [-0.4, -0.2) is 42.7 Å². The van der Waals surface area contributed by atoms with Crippen molar-refractivity contribution in [3.8, 4) is 22.8 Å². The second-order valence-electron chi connectivity index (χ2n) is 9.88. The number of carbonyl (C=O) groups is 1. The van der Waals surface area contributed by atoms with E-state index in [1.807, 2.05) is 62.4 Å². The van der Waals surface area contributed by atoms with Gasteiger partial charge in [-0.1, -0.05) is 35.5 Å². The monoisotopic (exact) mass is 534 g/mol. The number of nitrogens with one attached hydrogen (secondary N) is 3. The molecule has 2 aromatic carbocycles. The molecule has 6 rings (SSSR count). The number of rotatable bonds is 8. The topological polar surface area (TPSA) is 151 Å². The van der Waals surface area contributed by atoms with Gasteiger partial charge in [0.2, 0.25) is 11.8 Å². The Hall–Kier alpha value is -5.16. The number of aromatic nitrogens is 5. The van der Waals surface area contributed by atoms with Crippen molar-refractivity contribution in [1.29, 1.82) is 0 Å². The Morgan fingerprint density at radius 3 is 2.65 bits per heavy atom. The van der Waals surface area contributed by atoms with Crippen LogP contribution in [0.4, 0.5) is 17.5 Å². The van der Waals surface area contributed by atoms with Crippen LogP contribution in [0.2, 0.25) is 0 Å². The number of nitrogens with zero attached hydrogens (tertiary/aromatic N) is 5. The van der Waals surface area contributed by atoms with Gasteiger partial charge in [-0.3, -0.25) is 9.78 Å². The van der Waals surface area contributed by atoms with Gasteiger partial charge in [-0.05, 0) is 55.3 Å². The minimum atomic E-state index is -0.491. The van der Waals surface area contributed by atoms with Gasteiger partial charge in [0.05, 0.1) is 18.2 Å². The normalized spacial score (nSPS) is 14.3. The zero-order valence-electron chi connectivity index (χ0n) is 21.8. The van der Waals surface area contributed by atoms with E-state index in [4.69, 9.17) is 9.51 Å². The van der Waals surface area contributed by atoms with E-state index in [9.17, 15) is 9.90 Å². The zero-order chi connectivity index (χ0) is 27.7. The summed E-state index contributed by atoms with van der Waals surface area (Å²) in [4.78, 5) is 30.2. The summed E-state index contributed by atoms with van der Waals surface area (Å²) in [6, 6.07) is 18.2. The highest BCUT2D eigenvalue weighted by Crippen LogP contribution is 2.34. The van der Waals surface area contributed by atoms with E-state index in [2.05, 4.69) is 36.1 Å². The quantitative estimate of drug-likeness (QED) is 0.225. The SMILES string of the molecule is CC1(C)NC(=O)c2ccc(Nc3ncc(-c4nc(-c5cccnc5)no4)c(N[C@H](CO)c4ccccc4)n3)cc21. The van der Waals surface area contributed by atoms with Crippen molar-refractivity contribution in [1.82, 2.24) is 30.4 Å². The molecule has 0 unspecified atom stereocenters. The molecule has 0 bridgehead atoms. The largest absolute Gasteiger partial charge is 0.394 e. The van der Waals surface area contributed by atoms with Crippen LogP contribution in [0.25, 0.3) is 22.8 Å². The minimum Gasteiger partial charge on any atom is -0.394 e. The van der Waals surface area contributed by atoms with Gasteiger partial charge in [-0.25, -0.2) is 4.98 Å². The standard InChI is InChI=1S/C29H26N8O3/c1-29(2)22-13-19(10-11-20(22)26(39)36-29)32-28-31-15-21(27-34-24(37-40-27)18-9-6-12-30-14-18)25(35-28)33-23(16-38)17-7-4-3-5-8-17/h3-15,23,38H,16H2,1-2H3,(H,36,39)(H2,31,32,33,35)/t23-/m1/s1. The molecule has 1 atom stereocenters. The summed E-state index contributed by atoms with van der Waals surface area (Å²) < 4.78 is 5.58. The van der Waals surface area contributed by atoms with Crippen LogP contribution in [0.3, 0.4) is 0 Å². The predicted molar refractivity (Wildman–Crippen MR) is 149 cm³/mol. The molecule has 0 aliphatic carbocycles. The van der Waals surface area contributed by atoms with E-state index in [1.165, 1.54) is 0 Å². The summed E-state index contributed by atoms with van der Waals surface area (Å²) in [5.41, 5.74) is 3.81. The van der Waals surface area contributed by atoms with Crippen molar-refractivity contribution >= 4 is 23.4 Å². The maximum atomic E-state index is 12.3. The highest BCUT2D eigenvalue weighted by Gasteiger charge is 2.35. The summed E-state index contributed by atoms with van der Waals surface area (Å²) in [6.07, 6.45) is 4.90. The molecule has 11 nitrogen and oxygen atoms in total. The Labute approximate surface area is 229 Å². The average Bonchev–Trinajstić information content (AvgIpc) is 3.55. The molecular formula is C29H26N8O3. The van der Waals surface area contributed by atoms with Crippen molar-refractivity contribution < 1.29 is 14.4 Å². The molecular weight excluding hydrogens is 508 g/mol. The van der Waals surface area contributed by atoms with E-state index < -0.39 is 11.6 Å². The molecule has 1 amide bonds. The Balaban J connectivity index is 1.36. The van der Waals surface area contributed by atoms with E-state index in [-0.39, 0.29) is 18.4 Å². The predicted octanol–water partition coefficient (Wildman–Crippen LogP) is 4.46. The summed E-state index contributed by atoms with van der Waals surface area (Å²) in [5.74, 6) is 1.18. The van der Waals surface area contributed by atoms with Gasteiger partial charge in [0.25, 0.3) is 11.8 Å². The summed E-state index contributed by atoms with van der Waals surface area (Å²) in [7, 11) is 0. The molecule has 0 spiro atoms. The average molecular weight is 535 g/mol. The first-order valence-corrected chi connectivity index (χ1v) is 12.7. The molecule has 0 saturated heterocycles. The number of anilines is 3. The van der Waals surface area contributed by atoms with E-state index in [0.717, 1.165) is 16.8 Å². The van der Waals surface area contributed by atoms with Crippen LogP contribution in [0.1, 0.15) is 41.4 Å². The van der Waals surface area contributed by atoms with Crippen LogP contribution < -0.4 is 16.0 Å². The second-order valence-corrected chi connectivity index (χ2v) is 9.88. The number of carbonyl (C=O) groups excluding carboxylic acids is 1. The first-order chi connectivity index (χ1) is 19.4. The summed E-state index contributed by atoms with van der Waals surface area (Å²) in [6.45, 7) is 3.73. The van der Waals surface area contributed by atoms with E-state index in [0.29, 0.717) is 34.3 Å². The Bertz CT molecular complexity index is 1670. The van der Waals surface area contributed by atoms with Gasteiger partial charge in [0.15, 0.2) is 0 Å². The molecule has 0 saturated carbocycles. The summed E-state index contributed by atoms with van der Waals surface area (Å²) in [5, 5.41) is 23.8. The third-order valence-corrected chi connectivity index (χ3v) is 6.68. The molecule has 0 radical (unpaired) electrons. The van der Waals surface area contributed by atoms with Crippen molar-refractivity contribution in [2.24, 2.45) is 0 Å². The molecule has 4 N–H and O–H groups in total. The number of hydrogen-bond acceptors (Lipinski definition) is 10. The van der Waals surface area contributed by atoms with Crippen LogP contribution >= 0.6 is 0 Å². The smallest absolute Gasteiger partial charge is 0.263 e. The summed E-state index contributed by atoms with van der Waals surface area (Å²) >= 11 is 0. The first-order valence-electron chi connectivity index (χ1n) is 12.7. The Kier molecular flexibility index (Phi) is 6.40. The number of hydrogen-bond donors (Lipinski definition) is 4. The van der Waals surface area contributed by atoms with Gasteiger partial charge in [-0.2, -0.15) is 9.97 Å². The van der Waals surface area contributed by atoms with Gasteiger partial charge in [-0.15, -0.1) is 0 Å². The van der Waals surface area contributed by atoms with Crippen LogP contribution in [-0.2, 0) is 5.54 Å². The van der Waals surface area contributed by atoms with Gasteiger partial charge < -0.3 is 25.6 Å². The van der Waals surface area contributed by atoms with Crippen LogP contribution in [0, 0.1) is 0 Å². The molecule has 40 heavy (non-hydrogen) atoms. The van der Waals surface area contributed by atoms with Gasteiger partial charge >= 0.3 is 0 Å². The Morgan fingerprint density at radius 2 is 1.88 bits per heavy atom. The highest BCUT2D eigenvalue weighted by atomic mass is 16.5. The second kappa shape index (κ2) is 10.2. The number of pyridine rings is 1. The van der Waals surface area contributed by atoms with Crippen molar-refractivity contribution in [2.75, 3.05) is 17.2 Å². The lowest BCUT2D eigenvalue weighted by Crippen LogP contribution is -2.32. The van der Waals surface area contributed by atoms with Crippen molar-refractivity contribution in [2.45, 2.75) is 25.4 Å². The van der Waals surface area contributed by atoms with Gasteiger partial charge in [0, 0.05) is 35.4 Å². The number of aliphatic hydroxyl groups excluding tert-OH is 1. The fourth-order valence-corrected chi connectivity index (χ4v) is 4.62. The molecule has 1 aliphatic rings.